The molecule has 0 fully saturated rings. The number of hydrogen-bond donors (Lipinski definition) is 0. The molecule has 0 atom stereocenters. The SMILES string of the molecule is c1ccc2c(c1)Sc1cccc(-c3nc(-n4c5ccccc5c5c6ccccc6c6sc7ccccc7c6c54)nc4oc5ccccc5c34)c1S2. The van der Waals surface area contributed by atoms with Crippen LogP contribution >= 0.6 is 34.9 Å². The summed E-state index contributed by atoms with van der Waals surface area (Å²) in [4.78, 5) is 15.9. The van der Waals surface area contributed by atoms with Gasteiger partial charge in [-0.05, 0) is 41.8 Å². The fourth-order valence-corrected chi connectivity index (χ4v) is 11.6. The van der Waals surface area contributed by atoms with Crippen molar-refractivity contribution in [1.82, 2.24) is 14.5 Å². The Labute approximate surface area is 303 Å². The minimum atomic E-state index is 0.584. The Balaban J connectivity index is 1.26. The van der Waals surface area contributed by atoms with Crippen molar-refractivity contribution in [2.24, 2.45) is 0 Å². The number of fused-ring (bicyclic) bond motifs is 15. The molecule has 11 aromatic rings. The van der Waals surface area contributed by atoms with Crippen LogP contribution in [0, 0.1) is 0 Å². The Hall–Kier alpha value is -5.60. The number of thiophene rings is 1. The number of aromatic nitrogens is 3. The van der Waals surface area contributed by atoms with E-state index in [-0.39, 0.29) is 0 Å². The second kappa shape index (κ2) is 10.5. The van der Waals surface area contributed by atoms with E-state index in [4.69, 9.17) is 14.4 Å². The molecule has 7 heteroatoms. The van der Waals surface area contributed by atoms with E-state index in [1.54, 1.807) is 0 Å². The van der Waals surface area contributed by atoms with Crippen LogP contribution in [0.3, 0.4) is 0 Å². The molecule has 1 aliphatic rings. The van der Waals surface area contributed by atoms with Crippen LogP contribution in [0.2, 0.25) is 0 Å². The minimum absolute atomic E-state index is 0.584. The first-order chi connectivity index (χ1) is 25.3. The number of rotatable bonds is 2. The van der Waals surface area contributed by atoms with Gasteiger partial charge in [-0.3, -0.25) is 4.57 Å². The second-order valence-corrected chi connectivity index (χ2v) is 16.0. The van der Waals surface area contributed by atoms with Gasteiger partial charge in [0, 0.05) is 66.9 Å². The Morgan fingerprint density at radius 3 is 2.08 bits per heavy atom. The van der Waals surface area contributed by atoms with Gasteiger partial charge in [0.1, 0.15) is 5.58 Å². The smallest absolute Gasteiger partial charge is 0.238 e. The largest absolute Gasteiger partial charge is 0.437 e. The molecule has 238 valence electrons. The third-order valence-electron chi connectivity index (χ3n) is 10.1. The van der Waals surface area contributed by atoms with Crippen molar-refractivity contribution < 1.29 is 4.42 Å². The highest BCUT2D eigenvalue weighted by atomic mass is 32.2. The molecule has 51 heavy (non-hydrogen) atoms. The first kappa shape index (κ1) is 28.1. The first-order valence-corrected chi connectivity index (χ1v) is 19.3. The first-order valence-electron chi connectivity index (χ1n) is 16.8. The number of hydrogen-bond acceptors (Lipinski definition) is 6. The summed E-state index contributed by atoms with van der Waals surface area (Å²) in [5.41, 5.74) is 5.53. The van der Waals surface area contributed by atoms with Gasteiger partial charge in [-0.25, -0.2) is 4.98 Å². The fraction of sp³-hybridized carbons (Fsp3) is 0. The van der Waals surface area contributed by atoms with E-state index in [1.807, 2.05) is 47.0 Å². The van der Waals surface area contributed by atoms with Crippen molar-refractivity contribution >= 4 is 110 Å². The molecule has 0 saturated heterocycles. The highest BCUT2D eigenvalue weighted by Crippen LogP contribution is 2.53. The van der Waals surface area contributed by atoms with Crippen LogP contribution in [-0.4, -0.2) is 14.5 Å². The van der Waals surface area contributed by atoms with Gasteiger partial charge in [0.25, 0.3) is 0 Å². The Bertz CT molecular complexity index is 3280. The van der Waals surface area contributed by atoms with Gasteiger partial charge in [-0.15, -0.1) is 11.3 Å². The quantitative estimate of drug-likeness (QED) is 0.179. The molecule has 4 nitrogen and oxygen atoms in total. The molecule has 4 aromatic heterocycles. The van der Waals surface area contributed by atoms with Crippen LogP contribution in [0.25, 0.3) is 92.0 Å². The monoisotopic (exact) mass is 705 g/mol. The van der Waals surface area contributed by atoms with Crippen LogP contribution in [-0.2, 0) is 0 Å². The van der Waals surface area contributed by atoms with Crippen LogP contribution < -0.4 is 0 Å². The molecular weight excluding hydrogens is 683 g/mol. The molecule has 0 radical (unpaired) electrons. The molecule has 7 aromatic carbocycles. The van der Waals surface area contributed by atoms with E-state index in [2.05, 4.69) is 132 Å². The zero-order valence-corrected chi connectivity index (χ0v) is 29.2. The molecule has 0 N–H and O–H groups in total. The van der Waals surface area contributed by atoms with Crippen LogP contribution in [0.5, 0.6) is 0 Å². The van der Waals surface area contributed by atoms with E-state index in [0.717, 1.165) is 38.6 Å². The van der Waals surface area contributed by atoms with Crippen molar-refractivity contribution in [1.29, 1.82) is 0 Å². The van der Waals surface area contributed by atoms with Gasteiger partial charge in [0.05, 0.1) is 22.1 Å². The summed E-state index contributed by atoms with van der Waals surface area (Å²) in [6.07, 6.45) is 0. The summed E-state index contributed by atoms with van der Waals surface area (Å²) in [5.74, 6) is 0.598. The van der Waals surface area contributed by atoms with Gasteiger partial charge < -0.3 is 4.42 Å². The van der Waals surface area contributed by atoms with Gasteiger partial charge >= 0.3 is 0 Å². The summed E-state index contributed by atoms with van der Waals surface area (Å²) < 4.78 is 11.5. The van der Waals surface area contributed by atoms with Gasteiger partial charge in [0.15, 0.2) is 0 Å². The minimum Gasteiger partial charge on any atom is -0.437 e. The van der Waals surface area contributed by atoms with E-state index in [9.17, 15) is 0 Å². The van der Waals surface area contributed by atoms with E-state index < -0.39 is 0 Å². The molecule has 0 bridgehead atoms. The van der Waals surface area contributed by atoms with Crippen molar-refractivity contribution in [2.45, 2.75) is 19.6 Å². The summed E-state index contributed by atoms with van der Waals surface area (Å²) in [6, 6.07) is 49.7. The highest BCUT2D eigenvalue weighted by Gasteiger charge is 2.27. The van der Waals surface area contributed by atoms with Crippen LogP contribution in [0.1, 0.15) is 0 Å². The lowest BCUT2D eigenvalue weighted by atomic mass is 10.00. The predicted molar refractivity (Wildman–Crippen MR) is 214 cm³/mol. The number of para-hydroxylation sites is 2. The molecule has 12 rings (SSSR count). The number of benzene rings is 7. The maximum absolute atomic E-state index is 6.62. The third-order valence-corrected chi connectivity index (χ3v) is 13.9. The lowest BCUT2D eigenvalue weighted by molar-refractivity contribution is 0.651. The van der Waals surface area contributed by atoms with Gasteiger partial charge in [-0.1, -0.05) is 127 Å². The molecule has 5 heterocycles. The average Bonchev–Trinajstić information content (AvgIpc) is 3.86. The molecule has 0 aliphatic carbocycles. The van der Waals surface area contributed by atoms with Crippen molar-refractivity contribution in [3.63, 3.8) is 0 Å². The molecule has 0 saturated carbocycles. The zero-order valence-electron chi connectivity index (χ0n) is 26.8. The lowest BCUT2D eigenvalue weighted by Crippen LogP contribution is -2.04. The topological polar surface area (TPSA) is 43.9 Å². The molecule has 0 spiro atoms. The normalized spacial score (nSPS) is 12.9. The molecule has 0 unspecified atom stereocenters. The number of furan rings is 1. The molecular formula is C44H23N3OS3. The van der Waals surface area contributed by atoms with E-state index >= 15 is 0 Å². The molecule has 1 aliphatic heterocycles. The van der Waals surface area contributed by atoms with Crippen molar-refractivity contribution in [3.8, 4) is 17.2 Å². The summed E-state index contributed by atoms with van der Waals surface area (Å²) in [6.45, 7) is 0. The second-order valence-electron chi connectivity index (χ2n) is 12.9. The lowest BCUT2D eigenvalue weighted by Gasteiger charge is -2.21. The van der Waals surface area contributed by atoms with Crippen molar-refractivity contribution in [3.05, 3.63) is 140 Å². The fourth-order valence-electron chi connectivity index (χ4n) is 7.97. The molecule has 0 amide bonds. The maximum atomic E-state index is 6.62. The number of nitrogens with zero attached hydrogens (tertiary/aromatic N) is 3. The average molecular weight is 706 g/mol. The Morgan fingerprint density at radius 1 is 0.510 bits per heavy atom. The maximum Gasteiger partial charge on any atom is 0.238 e. The zero-order chi connectivity index (χ0) is 33.2. The van der Waals surface area contributed by atoms with E-state index in [0.29, 0.717) is 11.7 Å². The summed E-state index contributed by atoms with van der Waals surface area (Å²) in [5, 5.41) is 9.32. The Morgan fingerprint density at radius 2 is 1.20 bits per heavy atom. The van der Waals surface area contributed by atoms with Crippen LogP contribution in [0.4, 0.5) is 0 Å². The predicted octanol–water partition coefficient (Wildman–Crippen LogP) is 13.3. The van der Waals surface area contributed by atoms with Crippen molar-refractivity contribution in [2.75, 3.05) is 0 Å². The van der Waals surface area contributed by atoms with Gasteiger partial charge in [0.2, 0.25) is 11.7 Å². The summed E-state index contributed by atoms with van der Waals surface area (Å²) in [7, 11) is 0. The third kappa shape index (κ3) is 3.88. The Kier molecular flexibility index (Phi) is 5.77. The van der Waals surface area contributed by atoms with E-state index in [1.165, 1.54) is 61.3 Å². The van der Waals surface area contributed by atoms with Crippen LogP contribution in [0.15, 0.2) is 164 Å². The summed E-state index contributed by atoms with van der Waals surface area (Å²) >= 11 is 5.50. The standard InChI is InChI=1S/C44H23N3OS3/c1-2-13-25-24(12-1)36-26-14-3-6-18-30(26)47(40(36)38-28-16-5-8-20-32(28)50-42(25)38)44-45-39(37-27-15-4-7-19-31(27)48-43(37)46-44)29-17-11-23-35-41(29)51-34-22-10-9-21-33(34)49-35/h1-23H. The highest BCUT2D eigenvalue weighted by molar-refractivity contribution is 8.05. The van der Waals surface area contributed by atoms with Gasteiger partial charge in [-0.2, -0.15) is 4.98 Å².